The maximum Gasteiger partial charge on any atom is 0.416 e. The zero-order valence-electron chi connectivity index (χ0n) is 17.3. The lowest BCUT2D eigenvalue weighted by Gasteiger charge is -2.12. The highest BCUT2D eigenvalue weighted by molar-refractivity contribution is 6.34. The van der Waals surface area contributed by atoms with E-state index in [9.17, 15) is 18.0 Å². The van der Waals surface area contributed by atoms with Crippen molar-refractivity contribution in [2.45, 2.75) is 26.4 Å². The van der Waals surface area contributed by atoms with E-state index in [0.717, 1.165) is 35.0 Å². The molecule has 0 spiro atoms. The minimum Gasteiger partial charge on any atom is -0.319 e. The second kappa shape index (κ2) is 8.64. The molecule has 0 fully saturated rings. The second-order valence-corrected chi connectivity index (χ2v) is 8.04. The number of nitrogens with zero attached hydrogens (tertiary/aromatic N) is 4. The van der Waals surface area contributed by atoms with E-state index in [1.807, 2.05) is 19.1 Å². The molecule has 2 heterocycles. The van der Waals surface area contributed by atoms with Crippen LogP contribution in [-0.2, 0) is 12.6 Å². The summed E-state index contributed by atoms with van der Waals surface area (Å²) in [5, 5.41) is 15.7. The zero-order valence-corrected chi connectivity index (χ0v) is 18.8. The van der Waals surface area contributed by atoms with Crippen molar-refractivity contribution in [2.24, 2.45) is 0 Å². The van der Waals surface area contributed by atoms with Crippen molar-refractivity contribution in [3.63, 3.8) is 0 Å². The number of alkyl halides is 3. The Labute approximate surface area is 196 Å². The Morgan fingerprint density at radius 3 is 2.42 bits per heavy atom. The number of hydrogen-bond acceptors (Lipinski definition) is 4. The number of aryl methyl sites for hydroxylation is 2. The average molecular weight is 494 g/mol. The van der Waals surface area contributed by atoms with Crippen molar-refractivity contribution in [3.8, 4) is 11.1 Å². The van der Waals surface area contributed by atoms with E-state index in [4.69, 9.17) is 23.2 Å². The summed E-state index contributed by atoms with van der Waals surface area (Å²) in [4.78, 5) is 12.9. The predicted molar refractivity (Wildman–Crippen MR) is 120 cm³/mol. The van der Waals surface area contributed by atoms with E-state index >= 15 is 0 Å². The molecule has 0 unspecified atom stereocenters. The van der Waals surface area contributed by atoms with Crippen molar-refractivity contribution >= 4 is 40.4 Å². The van der Waals surface area contributed by atoms with Gasteiger partial charge in [0.15, 0.2) is 11.3 Å². The largest absolute Gasteiger partial charge is 0.416 e. The van der Waals surface area contributed by atoms with Gasteiger partial charge in [-0.15, -0.1) is 10.2 Å². The molecule has 0 bridgehead atoms. The third-order valence-corrected chi connectivity index (χ3v) is 5.64. The van der Waals surface area contributed by atoms with Crippen molar-refractivity contribution in [2.75, 3.05) is 5.32 Å². The number of rotatable bonds is 4. The van der Waals surface area contributed by atoms with Crippen LogP contribution in [0.3, 0.4) is 0 Å². The highest BCUT2D eigenvalue weighted by Gasteiger charge is 2.31. The van der Waals surface area contributed by atoms with E-state index in [1.165, 1.54) is 4.52 Å². The van der Waals surface area contributed by atoms with Crippen molar-refractivity contribution in [1.82, 2.24) is 19.8 Å². The van der Waals surface area contributed by atoms with Gasteiger partial charge in [0, 0.05) is 5.02 Å². The van der Waals surface area contributed by atoms with E-state index in [0.29, 0.717) is 22.8 Å². The Hall–Kier alpha value is -3.17. The van der Waals surface area contributed by atoms with Crippen LogP contribution >= 0.6 is 23.2 Å². The van der Waals surface area contributed by atoms with E-state index in [1.54, 1.807) is 19.1 Å². The van der Waals surface area contributed by atoms with Crippen molar-refractivity contribution in [3.05, 3.63) is 75.2 Å². The Bertz CT molecular complexity index is 1370. The number of anilines is 1. The molecule has 0 radical (unpaired) electrons. The summed E-state index contributed by atoms with van der Waals surface area (Å²) in [6.07, 6.45) is -3.98. The van der Waals surface area contributed by atoms with Gasteiger partial charge in [-0.25, -0.2) is 4.52 Å². The van der Waals surface area contributed by atoms with Crippen LogP contribution in [0.1, 0.15) is 34.4 Å². The van der Waals surface area contributed by atoms with Gasteiger partial charge in [0.25, 0.3) is 5.91 Å². The van der Waals surface area contributed by atoms with Crippen LogP contribution in [0.4, 0.5) is 18.9 Å². The van der Waals surface area contributed by atoms with Crippen LogP contribution in [0.5, 0.6) is 0 Å². The van der Waals surface area contributed by atoms with Gasteiger partial charge in [-0.1, -0.05) is 42.3 Å². The molecule has 0 saturated heterocycles. The molecule has 4 aromatic rings. The van der Waals surface area contributed by atoms with Gasteiger partial charge in [0.2, 0.25) is 0 Å². The SMILES string of the molecule is CCc1nn2c(C)c(C(=O)Nc3cc(C(F)(F)F)ccc3Cl)nnc2c1-c1ccc(Cl)cc1. The van der Waals surface area contributed by atoms with Crippen molar-refractivity contribution in [1.29, 1.82) is 0 Å². The minimum atomic E-state index is -4.58. The molecular formula is C22H16Cl2F3N5O. The Kier molecular flexibility index (Phi) is 6.02. The highest BCUT2D eigenvalue weighted by Crippen LogP contribution is 2.34. The van der Waals surface area contributed by atoms with E-state index in [-0.39, 0.29) is 16.4 Å². The fourth-order valence-corrected chi connectivity index (χ4v) is 3.69. The number of fused-ring (bicyclic) bond motifs is 1. The molecule has 0 atom stereocenters. The molecule has 1 amide bonds. The molecule has 33 heavy (non-hydrogen) atoms. The summed E-state index contributed by atoms with van der Waals surface area (Å²) < 4.78 is 40.6. The number of nitrogens with one attached hydrogen (secondary N) is 1. The first-order valence-corrected chi connectivity index (χ1v) is 10.5. The predicted octanol–water partition coefficient (Wildman–Crippen LogP) is 6.24. The van der Waals surface area contributed by atoms with Crippen LogP contribution < -0.4 is 5.32 Å². The lowest BCUT2D eigenvalue weighted by molar-refractivity contribution is -0.137. The molecule has 0 aliphatic carbocycles. The zero-order chi connectivity index (χ0) is 23.9. The third kappa shape index (κ3) is 4.38. The molecule has 0 aliphatic rings. The summed E-state index contributed by atoms with van der Waals surface area (Å²) in [6, 6.07) is 9.85. The van der Waals surface area contributed by atoms with Gasteiger partial charge >= 0.3 is 6.18 Å². The summed E-state index contributed by atoms with van der Waals surface area (Å²) in [5.74, 6) is -0.760. The number of carbonyl (C=O) groups is 1. The first-order chi connectivity index (χ1) is 15.6. The van der Waals surface area contributed by atoms with Gasteiger partial charge in [0.05, 0.1) is 33.2 Å². The summed E-state index contributed by atoms with van der Waals surface area (Å²) in [6.45, 7) is 3.57. The summed E-state index contributed by atoms with van der Waals surface area (Å²) in [7, 11) is 0. The van der Waals surface area contributed by atoms with Crippen LogP contribution in [-0.4, -0.2) is 25.7 Å². The number of carbonyl (C=O) groups excluding carboxylic acids is 1. The first kappa shape index (κ1) is 23.0. The fourth-order valence-electron chi connectivity index (χ4n) is 3.40. The molecule has 4 rings (SSSR count). The van der Waals surface area contributed by atoms with Gasteiger partial charge in [0.1, 0.15) is 0 Å². The van der Waals surface area contributed by atoms with E-state index < -0.39 is 17.6 Å². The highest BCUT2D eigenvalue weighted by atomic mass is 35.5. The molecule has 6 nitrogen and oxygen atoms in total. The molecule has 170 valence electrons. The topological polar surface area (TPSA) is 72.2 Å². The maximum atomic E-state index is 13.0. The van der Waals surface area contributed by atoms with Crippen LogP contribution in [0.25, 0.3) is 16.8 Å². The normalized spacial score (nSPS) is 11.7. The lowest BCUT2D eigenvalue weighted by atomic mass is 10.0. The number of benzene rings is 2. The molecule has 1 N–H and O–H groups in total. The molecule has 11 heteroatoms. The monoisotopic (exact) mass is 493 g/mol. The smallest absolute Gasteiger partial charge is 0.319 e. The third-order valence-electron chi connectivity index (χ3n) is 5.06. The first-order valence-electron chi connectivity index (χ1n) is 9.79. The Balaban J connectivity index is 1.75. The van der Waals surface area contributed by atoms with Gasteiger partial charge < -0.3 is 5.32 Å². The lowest BCUT2D eigenvalue weighted by Crippen LogP contribution is -2.19. The minimum absolute atomic E-state index is 0.0413. The van der Waals surface area contributed by atoms with Gasteiger partial charge in [-0.2, -0.15) is 18.3 Å². The molecule has 0 aliphatic heterocycles. The maximum absolute atomic E-state index is 13.0. The van der Waals surface area contributed by atoms with Gasteiger partial charge in [-0.05, 0) is 49.2 Å². The molecular weight excluding hydrogens is 478 g/mol. The second-order valence-electron chi connectivity index (χ2n) is 7.20. The molecule has 2 aromatic heterocycles. The Morgan fingerprint density at radius 2 is 1.79 bits per heavy atom. The van der Waals surface area contributed by atoms with E-state index in [2.05, 4.69) is 20.6 Å². The summed E-state index contributed by atoms with van der Waals surface area (Å²) >= 11 is 12.0. The van der Waals surface area contributed by atoms with Gasteiger partial charge in [-0.3, -0.25) is 4.79 Å². The fraction of sp³-hybridized carbons (Fsp3) is 0.182. The average Bonchev–Trinajstić information content (AvgIpc) is 3.15. The molecule has 0 saturated carbocycles. The van der Waals surface area contributed by atoms with Crippen LogP contribution in [0.2, 0.25) is 10.0 Å². The number of hydrogen-bond donors (Lipinski definition) is 1. The number of amides is 1. The number of aromatic nitrogens is 4. The van der Waals surface area contributed by atoms with Crippen LogP contribution in [0, 0.1) is 6.92 Å². The van der Waals surface area contributed by atoms with Crippen LogP contribution in [0.15, 0.2) is 42.5 Å². The van der Waals surface area contributed by atoms with Crippen molar-refractivity contribution < 1.29 is 18.0 Å². The quantitative estimate of drug-likeness (QED) is 0.365. The summed E-state index contributed by atoms with van der Waals surface area (Å²) in [5.41, 5.74) is 1.94. The molecule has 2 aromatic carbocycles. The Morgan fingerprint density at radius 1 is 1.09 bits per heavy atom. The standard InChI is InChI=1S/C22H16Cl2F3N5O/c1-3-16-18(12-4-7-14(23)8-5-12)20-30-29-19(11(2)32(20)31-16)21(33)28-17-10-13(22(25,26)27)6-9-15(17)24/h4-10H,3H2,1-2H3,(H,28,33). The number of halogens is 5.